The molecule has 1 atom stereocenters. The topological polar surface area (TPSA) is 89.7 Å². The van der Waals surface area contributed by atoms with Crippen molar-refractivity contribution in [3.05, 3.63) is 52.8 Å². The van der Waals surface area contributed by atoms with Crippen LogP contribution in [-0.4, -0.2) is 46.3 Å². The summed E-state index contributed by atoms with van der Waals surface area (Å²) < 4.78 is 40.4. The van der Waals surface area contributed by atoms with Gasteiger partial charge in [-0.1, -0.05) is 0 Å². The predicted molar refractivity (Wildman–Crippen MR) is 99.4 cm³/mol. The van der Waals surface area contributed by atoms with Gasteiger partial charge in [0.05, 0.1) is 17.9 Å². The second-order valence-electron chi connectivity index (χ2n) is 6.92. The number of rotatable bonds is 3. The Morgan fingerprint density at radius 2 is 2.00 bits per heavy atom. The first-order valence-corrected chi connectivity index (χ1v) is 9.28. The van der Waals surface area contributed by atoms with E-state index in [1.54, 1.807) is 30.8 Å². The van der Waals surface area contributed by atoms with E-state index in [1.165, 1.54) is 11.0 Å². The van der Waals surface area contributed by atoms with E-state index in [2.05, 4.69) is 24.9 Å². The lowest BCUT2D eigenvalue weighted by molar-refractivity contribution is -0.145. The Morgan fingerprint density at radius 3 is 2.73 bits per heavy atom. The summed E-state index contributed by atoms with van der Waals surface area (Å²) in [4.78, 5) is 33.8. The van der Waals surface area contributed by atoms with E-state index in [-0.39, 0.29) is 29.4 Å². The first kappa shape index (κ1) is 20.2. The Balaban J connectivity index is 1.64. The molecular weight excluding hydrogens is 423 g/mol. The lowest BCUT2D eigenvalue weighted by Gasteiger charge is -2.33. The van der Waals surface area contributed by atoms with Crippen LogP contribution in [0.25, 0.3) is 11.4 Å². The standard InChI is InChI=1S/C18H15ClF3N7O/c1-9-5-24-17(19)27-13(9)12-8-28-6-10(2)29(15(30)14(28)26-12)7-11-3-4-23-16(25-11)18(20,21)22/h3-5,8,10H,6-7H2,1-2H3/t10-/m0/s1. The minimum absolute atomic E-state index is 0.0622. The van der Waals surface area contributed by atoms with Gasteiger partial charge in [0.25, 0.3) is 5.91 Å². The monoisotopic (exact) mass is 437 g/mol. The summed E-state index contributed by atoms with van der Waals surface area (Å²) >= 11 is 5.88. The van der Waals surface area contributed by atoms with Gasteiger partial charge in [0.1, 0.15) is 5.69 Å². The molecule has 1 aliphatic heterocycles. The SMILES string of the molecule is Cc1cnc(Cl)nc1-c1cn2c(n1)C(=O)N(Cc1ccnc(C(F)(F)F)n1)[C@@H](C)C2. The lowest BCUT2D eigenvalue weighted by atomic mass is 10.2. The molecule has 0 aromatic carbocycles. The van der Waals surface area contributed by atoms with Crippen molar-refractivity contribution in [2.45, 2.75) is 39.2 Å². The third-order valence-corrected chi connectivity index (χ3v) is 4.89. The summed E-state index contributed by atoms with van der Waals surface area (Å²) in [7, 11) is 0. The van der Waals surface area contributed by atoms with Crippen molar-refractivity contribution >= 4 is 17.5 Å². The number of carbonyl (C=O) groups is 1. The molecule has 1 amide bonds. The van der Waals surface area contributed by atoms with Crippen LogP contribution in [0.2, 0.25) is 5.28 Å². The maximum Gasteiger partial charge on any atom is 0.451 e. The van der Waals surface area contributed by atoms with E-state index in [4.69, 9.17) is 11.6 Å². The molecule has 30 heavy (non-hydrogen) atoms. The van der Waals surface area contributed by atoms with Crippen LogP contribution in [0.4, 0.5) is 13.2 Å². The fourth-order valence-electron chi connectivity index (χ4n) is 3.25. The predicted octanol–water partition coefficient (Wildman–Crippen LogP) is 3.16. The number of aryl methyl sites for hydroxylation is 1. The van der Waals surface area contributed by atoms with Crippen molar-refractivity contribution in [1.82, 2.24) is 34.4 Å². The van der Waals surface area contributed by atoms with Crippen LogP contribution >= 0.6 is 11.6 Å². The minimum atomic E-state index is -4.66. The zero-order valence-electron chi connectivity index (χ0n) is 15.9. The molecule has 0 saturated carbocycles. The molecule has 0 radical (unpaired) electrons. The van der Waals surface area contributed by atoms with Gasteiger partial charge in [-0.3, -0.25) is 4.79 Å². The van der Waals surface area contributed by atoms with Crippen molar-refractivity contribution in [3.63, 3.8) is 0 Å². The van der Waals surface area contributed by atoms with E-state index in [1.807, 2.05) is 0 Å². The van der Waals surface area contributed by atoms with Gasteiger partial charge in [0.2, 0.25) is 11.1 Å². The van der Waals surface area contributed by atoms with Crippen LogP contribution in [-0.2, 0) is 19.3 Å². The first-order chi connectivity index (χ1) is 14.1. The van der Waals surface area contributed by atoms with Gasteiger partial charge in [0.15, 0.2) is 5.82 Å². The number of amides is 1. The molecule has 0 unspecified atom stereocenters. The molecule has 0 spiro atoms. The Bertz CT molecular complexity index is 1130. The highest BCUT2D eigenvalue weighted by molar-refractivity contribution is 6.28. The molecule has 3 aromatic rings. The van der Waals surface area contributed by atoms with Gasteiger partial charge in [-0.05, 0) is 37.1 Å². The average Bonchev–Trinajstić information content (AvgIpc) is 3.10. The molecule has 0 N–H and O–H groups in total. The largest absolute Gasteiger partial charge is 0.451 e. The Kier molecular flexibility index (Phi) is 4.92. The summed E-state index contributed by atoms with van der Waals surface area (Å²) in [5.41, 5.74) is 1.81. The smallest absolute Gasteiger partial charge is 0.326 e. The van der Waals surface area contributed by atoms with Gasteiger partial charge in [-0.2, -0.15) is 13.2 Å². The third kappa shape index (κ3) is 3.72. The molecule has 12 heteroatoms. The zero-order chi connectivity index (χ0) is 21.6. The van der Waals surface area contributed by atoms with Crippen LogP contribution in [0.3, 0.4) is 0 Å². The van der Waals surface area contributed by atoms with Crippen molar-refractivity contribution in [2.75, 3.05) is 0 Å². The molecule has 156 valence electrons. The fourth-order valence-corrected chi connectivity index (χ4v) is 3.39. The quantitative estimate of drug-likeness (QED) is 0.585. The average molecular weight is 438 g/mol. The Labute approximate surface area is 173 Å². The van der Waals surface area contributed by atoms with Gasteiger partial charge >= 0.3 is 6.18 Å². The second-order valence-corrected chi connectivity index (χ2v) is 7.26. The van der Waals surface area contributed by atoms with Crippen LogP contribution in [0, 0.1) is 6.92 Å². The molecule has 0 aliphatic carbocycles. The van der Waals surface area contributed by atoms with Gasteiger partial charge < -0.3 is 9.47 Å². The van der Waals surface area contributed by atoms with Crippen LogP contribution in [0.1, 0.15) is 34.6 Å². The molecule has 4 rings (SSSR count). The van der Waals surface area contributed by atoms with Crippen LogP contribution in [0.15, 0.2) is 24.7 Å². The summed E-state index contributed by atoms with van der Waals surface area (Å²) in [5.74, 6) is -1.48. The maximum absolute atomic E-state index is 13.0. The van der Waals surface area contributed by atoms with Crippen molar-refractivity contribution < 1.29 is 18.0 Å². The van der Waals surface area contributed by atoms with E-state index in [9.17, 15) is 18.0 Å². The molecule has 0 saturated heterocycles. The Hall–Kier alpha value is -3.08. The highest BCUT2D eigenvalue weighted by Gasteiger charge is 2.36. The number of hydrogen-bond donors (Lipinski definition) is 0. The van der Waals surface area contributed by atoms with Gasteiger partial charge in [-0.15, -0.1) is 0 Å². The fraction of sp³-hybridized carbons (Fsp3) is 0.333. The van der Waals surface area contributed by atoms with Crippen molar-refractivity contribution in [1.29, 1.82) is 0 Å². The molecule has 3 aromatic heterocycles. The second kappa shape index (κ2) is 7.31. The summed E-state index contributed by atoms with van der Waals surface area (Å²) in [6.45, 7) is 3.93. The van der Waals surface area contributed by atoms with Crippen molar-refractivity contribution in [2.24, 2.45) is 0 Å². The number of hydrogen-bond acceptors (Lipinski definition) is 6. The number of aromatic nitrogens is 6. The number of fused-ring (bicyclic) bond motifs is 1. The van der Waals surface area contributed by atoms with E-state index in [0.717, 1.165) is 11.8 Å². The summed E-state index contributed by atoms with van der Waals surface area (Å²) in [6.07, 6.45) is -0.355. The highest BCUT2D eigenvalue weighted by atomic mass is 35.5. The molecule has 0 bridgehead atoms. The summed E-state index contributed by atoms with van der Waals surface area (Å²) in [5, 5.41) is 0.0622. The number of halogens is 4. The van der Waals surface area contributed by atoms with Crippen LogP contribution in [0.5, 0.6) is 0 Å². The first-order valence-electron chi connectivity index (χ1n) is 8.90. The zero-order valence-corrected chi connectivity index (χ0v) is 16.6. The third-order valence-electron chi connectivity index (χ3n) is 4.71. The number of nitrogens with zero attached hydrogens (tertiary/aromatic N) is 7. The maximum atomic E-state index is 13.0. The van der Waals surface area contributed by atoms with Gasteiger partial charge in [-0.25, -0.2) is 24.9 Å². The van der Waals surface area contributed by atoms with Gasteiger partial charge in [0, 0.05) is 31.2 Å². The molecule has 1 aliphatic rings. The molecular formula is C18H15ClF3N7O. The minimum Gasteiger partial charge on any atom is -0.326 e. The summed E-state index contributed by atoms with van der Waals surface area (Å²) in [6, 6.07) is 1.07. The van der Waals surface area contributed by atoms with Crippen LogP contribution < -0.4 is 0 Å². The number of alkyl halides is 3. The molecule has 8 nitrogen and oxygen atoms in total. The van der Waals surface area contributed by atoms with E-state index >= 15 is 0 Å². The normalized spacial score (nSPS) is 16.7. The van der Waals surface area contributed by atoms with E-state index in [0.29, 0.717) is 17.9 Å². The Morgan fingerprint density at radius 1 is 1.23 bits per heavy atom. The number of imidazole rings is 1. The lowest BCUT2D eigenvalue weighted by Crippen LogP contribution is -2.46. The highest BCUT2D eigenvalue weighted by Crippen LogP contribution is 2.28. The molecule has 4 heterocycles. The van der Waals surface area contributed by atoms with Crippen molar-refractivity contribution in [3.8, 4) is 11.4 Å². The molecule has 0 fully saturated rings. The van der Waals surface area contributed by atoms with E-state index < -0.39 is 17.9 Å². The number of carbonyl (C=O) groups excluding carboxylic acids is 1.